The third-order valence-corrected chi connectivity index (χ3v) is 4.09. The number of aromatic nitrogens is 2. The summed E-state index contributed by atoms with van der Waals surface area (Å²) >= 11 is 1.57. The van der Waals surface area contributed by atoms with Gasteiger partial charge in [-0.25, -0.2) is 9.97 Å². The van der Waals surface area contributed by atoms with Crippen LogP contribution in [0.2, 0.25) is 0 Å². The summed E-state index contributed by atoms with van der Waals surface area (Å²) in [7, 11) is 1.43. The number of carbonyl (C=O) groups excluding carboxylic acids is 1. The Bertz CT molecular complexity index is 404. The molecule has 92 valence electrons. The molecule has 1 aliphatic carbocycles. The molecule has 0 saturated heterocycles. The second kappa shape index (κ2) is 4.91. The smallest absolute Gasteiger partial charge is 0.306 e. The number of anilines is 1. The monoisotopic (exact) mass is 253 g/mol. The van der Waals surface area contributed by atoms with Crippen molar-refractivity contribution in [3.8, 4) is 0 Å². The minimum atomic E-state index is -0.138. The molecule has 0 aliphatic heterocycles. The molecule has 0 atom stereocenters. The van der Waals surface area contributed by atoms with E-state index in [-0.39, 0.29) is 11.4 Å². The Labute approximate surface area is 104 Å². The molecule has 1 aromatic rings. The van der Waals surface area contributed by atoms with Crippen molar-refractivity contribution in [3.05, 3.63) is 12.4 Å². The highest BCUT2D eigenvalue weighted by Gasteiger charge is 2.44. The lowest BCUT2D eigenvalue weighted by molar-refractivity contribution is -0.141. The van der Waals surface area contributed by atoms with Crippen LogP contribution in [0.15, 0.2) is 17.6 Å². The molecule has 1 fully saturated rings. The summed E-state index contributed by atoms with van der Waals surface area (Å²) < 4.78 is 4.70. The Hall–Kier alpha value is -1.30. The molecule has 0 radical (unpaired) electrons. The normalized spacial score (nSPS) is 16.5. The van der Waals surface area contributed by atoms with E-state index in [9.17, 15) is 4.79 Å². The van der Waals surface area contributed by atoms with Crippen LogP contribution in [0.1, 0.15) is 19.3 Å². The Kier molecular flexibility index (Phi) is 3.51. The topological polar surface area (TPSA) is 78.1 Å². The van der Waals surface area contributed by atoms with Crippen LogP contribution in [0.4, 0.5) is 5.69 Å². The number of hydrogen-bond acceptors (Lipinski definition) is 6. The molecule has 0 amide bonds. The summed E-state index contributed by atoms with van der Waals surface area (Å²) in [6, 6.07) is 0. The van der Waals surface area contributed by atoms with Crippen molar-refractivity contribution < 1.29 is 9.53 Å². The third kappa shape index (κ3) is 3.33. The molecule has 1 saturated carbocycles. The van der Waals surface area contributed by atoms with Crippen LogP contribution in [-0.4, -0.2) is 28.8 Å². The second-order valence-corrected chi connectivity index (χ2v) is 5.28. The van der Waals surface area contributed by atoms with Gasteiger partial charge in [0.15, 0.2) is 5.16 Å². The lowest BCUT2D eigenvalue weighted by atomic mass is 10.1. The van der Waals surface area contributed by atoms with Gasteiger partial charge in [-0.1, -0.05) is 11.8 Å². The molecular weight excluding hydrogens is 238 g/mol. The van der Waals surface area contributed by atoms with Crippen molar-refractivity contribution in [1.82, 2.24) is 9.97 Å². The van der Waals surface area contributed by atoms with Gasteiger partial charge in [0.05, 0.1) is 31.6 Å². The Morgan fingerprint density at radius 1 is 1.53 bits per heavy atom. The van der Waals surface area contributed by atoms with E-state index in [0.717, 1.165) is 18.6 Å². The summed E-state index contributed by atoms with van der Waals surface area (Å²) in [5.74, 6) is 0.716. The molecule has 17 heavy (non-hydrogen) atoms. The highest BCUT2D eigenvalue weighted by Crippen LogP contribution is 2.51. The van der Waals surface area contributed by atoms with Gasteiger partial charge in [-0.05, 0) is 18.3 Å². The summed E-state index contributed by atoms with van der Waals surface area (Å²) in [5.41, 5.74) is 6.17. The van der Waals surface area contributed by atoms with Gasteiger partial charge in [0, 0.05) is 5.75 Å². The Balaban J connectivity index is 1.85. The molecule has 2 rings (SSSR count). The zero-order chi connectivity index (χ0) is 12.3. The molecule has 0 aromatic carbocycles. The lowest BCUT2D eigenvalue weighted by Crippen LogP contribution is -2.13. The average Bonchev–Trinajstić information content (AvgIpc) is 3.09. The maximum atomic E-state index is 11.2. The van der Waals surface area contributed by atoms with Crippen LogP contribution >= 0.6 is 11.8 Å². The number of nitrogens with zero attached hydrogens (tertiary/aromatic N) is 2. The van der Waals surface area contributed by atoms with E-state index in [4.69, 9.17) is 10.5 Å². The molecule has 0 spiro atoms. The minimum absolute atomic E-state index is 0.0997. The summed E-state index contributed by atoms with van der Waals surface area (Å²) in [6.07, 6.45) is 5.82. The number of ether oxygens (including phenoxy) is 1. The maximum absolute atomic E-state index is 11.2. The van der Waals surface area contributed by atoms with Crippen LogP contribution in [0, 0.1) is 5.41 Å². The highest BCUT2D eigenvalue weighted by atomic mass is 32.2. The first-order valence-electron chi connectivity index (χ1n) is 5.41. The predicted molar refractivity (Wildman–Crippen MR) is 65.5 cm³/mol. The number of methoxy groups -OCH3 is 1. The predicted octanol–water partition coefficient (Wildman–Crippen LogP) is 1.49. The first-order valence-corrected chi connectivity index (χ1v) is 6.39. The molecule has 0 unspecified atom stereocenters. The van der Waals surface area contributed by atoms with Crippen LogP contribution in [0.5, 0.6) is 0 Å². The molecule has 1 aliphatic rings. The van der Waals surface area contributed by atoms with Gasteiger partial charge < -0.3 is 10.5 Å². The van der Waals surface area contributed by atoms with E-state index < -0.39 is 0 Å². The fourth-order valence-electron chi connectivity index (χ4n) is 1.55. The van der Waals surface area contributed by atoms with E-state index >= 15 is 0 Å². The number of rotatable bonds is 5. The summed E-state index contributed by atoms with van der Waals surface area (Å²) in [6.45, 7) is 0. The largest absolute Gasteiger partial charge is 0.469 e. The summed E-state index contributed by atoms with van der Waals surface area (Å²) in [4.78, 5) is 19.5. The second-order valence-electron chi connectivity index (χ2n) is 4.34. The van der Waals surface area contributed by atoms with Crippen molar-refractivity contribution in [2.75, 3.05) is 18.6 Å². The lowest BCUT2D eigenvalue weighted by Gasteiger charge is -2.11. The Morgan fingerprint density at radius 2 is 2.18 bits per heavy atom. The van der Waals surface area contributed by atoms with Crippen LogP contribution in [-0.2, 0) is 9.53 Å². The molecule has 6 heteroatoms. The van der Waals surface area contributed by atoms with Crippen LogP contribution in [0.3, 0.4) is 0 Å². The fraction of sp³-hybridized carbons (Fsp3) is 0.545. The van der Waals surface area contributed by atoms with Gasteiger partial charge in [-0.2, -0.15) is 0 Å². The average molecular weight is 253 g/mol. The quantitative estimate of drug-likeness (QED) is 0.486. The van der Waals surface area contributed by atoms with E-state index in [1.807, 2.05) is 0 Å². The SMILES string of the molecule is COC(=O)CC1(CSc2ncc(N)cn2)CC1. The van der Waals surface area contributed by atoms with Crippen molar-refractivity contribution in [2.24, 2.45) is 5.41 Å². The number of esters is 1. The van der Waals surface area contributed by atoms with Crippen LogP contribution < -0.4 is 5.73 Å². The van der Waals surface area contributed by atoms with Gasteiger partial charge >= 0.3 is 5.97 Å². The van der Waals surface area contributed by atoms with E-state index in [0.29, 0.717) is 17.3 Å². The highest BCUT2D eigenvalue weighted by molar-refractivity contribution is 7.99. The number of nitrogen functional groups attached to an aromatic ring is 1. The maximum Gasteiger partial charge on any atom is 0.306 e. The third-order valence-electron chi connectivity index (χ3n) is 2.86. The zero-order valence-electron chi connectivity index (χ0n) is 9.68. The van der Waals surface area contributed by atoms with Gasteiger partial charge in [-0.15, -0.1) is 0 Å². The van der Waals surface area contributed by atoms with E-state index in [1.54, 1.807) is 24.2 Å². The number of carbonyl (C=O) groups is 1. The van der Waals surface area contributed by atoms with Crippen molar-refractivity contribution in [3.63, 3.8) is 0 Å². The minimum Gasteiger partial charge on any atom is -0.469 e. The standard InChI is InChI=1S/C11H15N3O2S/c1-16-9(15)4-11(2-3-11)7-17-10-13-5-8(12)6-14-10/h5-6H,2-4,7,12H2,1H3. The van der Waals surface area contributed by atoms with Crippen molar-refractivity contribution in [2.45, 2.75) is 24.4 Å². The van der Waals surface area contributed by atoms with Crippen molar-refractivity contribution >= 4 is 23.4 Å². The fourth-order valence-corrected chi connectivity index (χ4v) is 2.63. The van der Waals surface area contributed by atoms with Gasteiger partial charge in [0.1, 0.15) is 0 Å². The van der Waals surface area contributed by atoms with Gasteiger partial charge in [-0.3, -0.25) is 4.79 Å². The molecule has 1 aromatic heterocycles. The number of hydrogen-bond donors (Lipinski definition) is 1. The number of thioether (sulfide) groups is 1. The van der Waals surface area contributed by atoms with Gasteiger partial charge in [0.2, 0.25) is 0 Å². The van der Waals surface area contributed by atoms with E-state index in [1.165, 1.54) is 7.11 Å². The zero-order valence-corrected chi connectivity index (χ0v) is 10.5. The Morgan fingerprint density at radius 3 is 2.71 bits per heavy atom. The first kappa shape index (κ1) is 12.2. The molecule has 2 N–H and O–H groups in total. The molecule has 5 nitrogen and oxygen atoms in total. The summed E-state index contributed by atoms with van der Waals surface area (Å²) in [5, 5.41) is 0.704. The van der Waals surface area contributed by atoms with E-state index in [2.05, 4.69) is 9.97 Å². The molecular formula is C11H15N3O2S. The number of nitrogens with two attached hydrogens (primary N) is 1. The van der Waals surface area contributed by atoms with Crippen molar-refractivity contribution in [1.29, 1.82) is 0 Å². The molecule has 1 heterocycles. The van der Waals surface area contributed by atoms with Crippen LogP contribution in [0.25, 0.3) is 0 Å². The molecule has 0 bridgehead atoms. The first-order chi connectivity index (χ1) is 8.13. The van der Waals surface area contributed by atoms with Gasteiger partial charge in [0.25, 0.3) is 0 Å².